The number of H-pyrrole nitrogens is 1. The maximum atomic E-state index is 13.6. The fourth-order valence-electron chi connectivity index (χ4n) is 8.23. The van der Waals surface area contributed by atoms with E-state index in [4.69, 9.17) is 14.2 Å². The van der Waals surface area contributed by atoms with E-state index in [0.29, 0.717) is 35.8 Å². The highest BCUT2D eigenvalue weighted by atomic mass is 32.2. The van der Waals surface area contributed by atoms with Crippen LogP contribution in [0.25, 0.3) is 0 Å². The van der Waals surface area contributed by atoms with E-state index in [1.807, 2.05) is 19.1 Å². The van der Waals surface area contributed by atoms with E-state index in [2.05, 4.69) is 10.3 Å². The van der Waals surface area contributed by atoms with Crippen molar-refractivity contribution in [2.45, 2.75) is 42.9 Å². The number of carboxylic acids is 1. The van der Waals surface area contributed by atoms with E-state index in [0.717, 1.165) is 31.7 Å². The number of nitrogens with one attached hydrogen (secondary N) is 2. The summed E-state index contributed by atoms with van der Waals surface area (Å²) < 4.78 is 16.9. The lowest BCUT2D eigenvalue weighted by Crippen LogP contribution is -2.42. The van der Waals surface area contributed by atoms with Crippen molar-refractivity contribution in [1.82, 2.24) is 9.88 Å². The molecule has 7 atom stereocenters. The second kappa shape index (κ2) is 13.6. The summed E-state index contributed by atoms with van der Waals surface area (Å²) in [5.41, 5.74) is 1.72. The number of fused-ring (bicyclic) bond motifs is 9. The number of carbonyl (C=O) groups excluding carboxylic acids is 4. The van der Waals surface area contributed by atoms with E-state index in [1.165, 1.54) is 0 Å². The molecular weight excluding hydrogens is 687 g/mol. The van der Waals surface area contributed by atoms with Crippen LogP contribution in [0, 0.1) is 29.6 Å². The molecule has 6 unspecified atom stereocenters. The number of imide groups is 1. The van der Waals surface area contributed by atoms with Gasteiger partial charge in [0.05, 0.1) is 42.1 Å². The van der Waals surface area contributed by atoms with Gasteiger partial charge in [0.15, 0.2) is 18.1 Å². The molecular formula is C35H35N3O10S2. The van der Waals surface area contributed by atoms with Crippen molar-refractivity contribution in [3.63, 3.8) is 0 Å². The van der Waals surface area contributed by atoms with Crippen LogP contribution in [0.2, 0.25) is 0 Å². The summed E-state index contributed by atoms with van der Waals surface area (Å²) in [5.74, 6) is -3.26. The smallest absolute Gasteiger partial charge is 0.338 e. The summed E-state index contributed by atoms with van der Waals surface area (Å²) in [6.07, 6.45) is 0.410. The molecule has 15 heteroatoms. The van der Waals surface area contributed by atoms with Crippen LogP contribution < -0.4 is 19.7 Å². The number of nitrogens with zero attached hydrogens (tertiary/aromatic N) is 1. The van der Waals surface area contributed by atoms with Gasteiger partial charge in [-0.1, -0.05) is 17.4 Å². The number of thiazole rings is 1. The Morgan fingerprint density at radius 1 is 0.960 bits per heavy atom. The van der Waals surface area contributed by atoms with Crippen LogP contribution in [-0.2, 0) is 23.9 Å². The van der Waals surface area contributed by atoms with Crippen molar-refractivity contribution in [3.8, 4) is 11.5 Å². The van der Waals surface area contributed by atoms with E-state index in [-0.39, 0.29) is 71.8 Å². The standard InChI is InChI=1S/C35H35N3O10S2/c1-3-46-22-13-17(7-10-21(22)48-15-23(39)36-18-8-5-16(6-9-18)34(44)47-4-2)25-26-19-14-20(29(26)49-31-30(25)50-35(45)37-31)28-27(19)32(42)38(33(28)43)12-11-24(40)41/h5-10,13,19-20,25-29H,3-4,11-12,14-15H2,1-2H3,(H,36,39)(H,37,45)(H,40,41)/t19?,20?,25-,26?,27?,28?,29?/m1/s1. The number of aromatic amines is 1. The average Bonchev–Trinajstić information content (AvgIpc) is 3.82. The minimum absolute atomic E-state index is 0.0262. The molecule has 2 saturated carbocycles. The average molecular weight is 722 g/mol. The van der Waals surface area contributed by atoms with Gasteiger partial charge >= 0.3 is 16.8 Å². The molecule has 1 aromatic heterocycles. The molecule has 0 spiro atoms. The first-order valence-corrected chi connectivity index (χ1v) is 18.2. The minimum atomic E-state index is -1.07. The molecule has 3 aromatic rings. The number of hydrogen-bond donors (Lipinski definition) is 3. The van der Waals surface area contributed by atoms with Crippen LogP contribution in [0.4, 0.5) is 5.69 Å². The van der Waals surface area contributed by atoms with Crippen molar-refractivity contribution in [3.05, 3.63) is 68.1 Å². The number of carboxylic acid groups (broad SMARTS) is 1. The summed E-state index contributed by atoms with van der Waals surface area (Å²) in [5, 5.41) is 12.7. The Labute approximate surface area is 294 Å². The SMILES string of the molecule is CCOC(=O)c1ccc(NC(=O)COc2ccc([C@H]3c4sc(=O)[nH]c4SC4C5CC(C6C(=O)N(CCC(=O)O)C(=O)C56)C43)cc2OCC)cc1. The maximum Gasteiger partial charge on any atom is 0.338 e. The molecule has 2 aliphatic carbocycles. The predicted octanol–water partition coefficient (Wildman–Crippen LogP) is 3.98. The normalized spacial score (nSPS) is 25.9. The van der Waals surface area contributed by atoms with Gasteiger partial charge in [0.25, 0.3) is 5.91 Å². The summed E-state index contributed by atoms with van der Waals surface area (Å²) in [6, 6.07) is 11.8. The third-order valence-electron chi connectivity index (χ3n) is 10.0. The number of aliphatic carboxylic acids is 1. The van der Waals surface area contributed by atoms with E-state index in [1.54, 1.807) is 49.0 Å². The molecule has 3 heterocycles. The molecule has 4 aliphatic rings. The lowest BCUT2D eigenvalue weighted by molar-refractivity contribution is -0.142. The van der Waals surface area contributed by atoms with Crippen LogP contribution in [0.1, 0.15) is 53.4 Å². The van der Waals surface area contributed by atoms with Crippen LogP contribution in [0.5, 0.6) is 11.5 Å². The summed E-state index contributed by atoms with van der Waals surface area (Å²) in [7, 11) is 0. The van der Waals surface area contributed by atoms with Crippen LogP contribution in [0.15, 0.2) is 52.3 Å². The summed E-state index contributed by atoms with van der Waals surface area (Å²) in [4.78, 5) is 80.5. The lowest BCUT2D eigenvalue weighted by atomic mass is 9.68. The van der Waals surface area contributed by atoms with Gasteiger partial charge in [-0.15, -0.1) is 11.8 Å². The number of benzene rings is 2. The second-order valence-corrected chi connectivity index (χ2v) is 14.9. The predicted molar refractivity (Wildman–Crippen MR) is 182 cm³/mol. The largest absolute Gasteiger partial charge is 0.490 e. The molecule has 50 heavy (non-hydrogen) atoms. The zero-order valence-corrected chi connectivity index (χ0v) is 28.8. The Morgan fingerprint density at radius 2 is 1.70 bits per heavy atom. The van der Waals surface area contributed by atoms with Gasteiger partial charge in [-0.05, 0) is 80.0 Å². The Hall–Kier alpha value is -4.63. The maximum absolute atomic E-state index is 13.6. The number of thioether (sulfide) groups is 1. The molecule has 2 aliphatic heterocycles. The molecule has 0 radical (unpaired) electrons. The first kappa shape index (κ1) is 33.8. The second-order valence-electron chi connectivity index (χ2n) is 12.7. The first-order valence-electron chi connectivity index (χ1n) is 16.5. The molecule has 3 amide bonds. The number of anilines is 1. The van der Waals surface area contributed by atoms with E-state index >= 15 is 0 Å². The number of carbonyl (C=O) groups is 5. The van der Waals surface area contributed by atoms with Gasteiger partial charge in [0.1, 0.15) is 0 Å². The molecule has 7 rings (SSSR count). The fourth-order valence-corrected chi connectivity index (χ4v) is 11.1. The zero-order valence-electron chi connectivity index (χ0n) is 27.2. The van der Waals surface area contributed by atoms with E-state index in [9.17, 15) is 33.9 Å². The monoisotopic (exact) mass is 721 g/mol. The Kier molecular flexibility index (Phi) is 9.20. The third-order valence-corrected chi connectivity index (χ3v) is 12.6. The topological polar surface area (TPSA) is 181 Å². The fraction of sp³-hybridized carbons (Fsp3) is 0.429. The van der Waals surface area contributed by atoms with Crippen molar-refractivity contribution in [2.75, 3.05) is 31.7 Å². The number of aromatic nitrogens is 1. The van der Waals surface area contributed by atoms with Crippen LogP contribution >= 0.6 is 23.1 Å². The first-order chi connectivity index (χ1) is 24.1. The molecule has 1 saturated heterocycles. The van der Waals surface area contributed by atoms with Crippen LogP contribution in [0.3, 0.4) is 0 Å². The number of likely N-dealkylation sites (tertiary alicyclic amines) is 1. The molecule has 2 bridgehead atoms. The van der Waals surface area contributed by atoms with Gasteiger partial charge in [0.2, 0.25) is 11.8 Å². The minimum Gasteiger partial charge on any atom is -0.490 e. The molecule has 3 N–H and O–H groups in total. The van der Waals surface area contributed by atoms with Gasteiger partial charge in [-0.3, -0.25) is 28.9 Å². The Morgan fingerprint density at radius 3 is 2.40 bits per heavy atom. The van der Waals surface area contributed by atoms with Crippen LogP contribution in [-0.4, -0.2) is 76.3 Å². The van der Waals surface area contributed by atoms with E-state index < -0.39 is 29.7 Å². The number of ether oxygens (including phenoxy) is 3. The van der Waals surface area contributed by atoms with Crippen molar-refractivity contribution >= 4 is 58.4 Å². The number of hydrogen-bond acceptors (Lipinski definition) is 11. The van der Waals surface area contributed by atoms with Crippen molar-refractivity contribution in [2.24, 2.45) is 29.6 Å². The number of esters is 1. The molecule has 2 aromatic carbocycles. The molecule has 13 nitrogen and oxygen atoms in total. The van der Waals surface area contributed by atoms with Gasteiger partial charge < -0.3 is 29.6 Å². The van der Waals surface area contributed by atoms with Gasteiger partial charge in [-0.2, -0.15) is 0 Å². The highest BCUT2D eigenvalue weighted by molar-refractivity contribution is 8.00. The zero-order chi connectivity index (χ0) is 35.3. The van der Waals surface area contributed by atoms with Gasteiger partial charge in [0, 0.05) is 28.3 Å². The lowest BCUT2D eigenvalue weighted by Gasteiger charge is -2.43. The summed E-state index contributed by atoms with van der Waals surface area (Å²) >= 11 is 2.71. The Balaban J connectivity index is 1.12. The highest BCUT2D eigenvalue weighted by Crippen LogP contribution is 2.68. The third kappa shape index (κ3) is 5.95. The summed E-state index contributed by atoms with van der Waals surface area (Å²) in [6.45, 7) is 3.70. The quantitative estimate of drug-likeness (QED) is 0.182. The Bertz CT molecular complexity index is 1920. The molecule has 262 valence electrons. The van der Waals surface area contributed by atoms with Crippen molar-refractivity contribution in [1.29, 1.82) is 0 Å². The molecule has 3 fully saturated rings. The van der Waals surface area contributed by atoms with Gasteiger partial charge in [-0.25, -0.2) is 4.79 Å². The number of rotatable bonds is 12. The van der Waals surface area contributed by atoms with Crippen molar-refractivity contribution < 1.29 is 43.3 Å². The highest BCUT2D eigenvalue weighted by Gasteiger charge is 2.69. The number of amides is 3.